The van der Waals surface area contributed by atoms with Gasteiger partial charge in [0, 0.05) is 18.2 Å². The molecule has 0 bridgehead atoms. The average Bonchev–Trinajstić information content (AvgIpc) is 2.90. The summed E-state index contributed by atoms with van der Waals surface area (Å²) < 4.78 is 6.72. The molecule has 3 rings (SSSR count). The van der Waals surface area contributed by atoms with Crippen LogP contribution in [0.2, 0.25) is 5.28 Å². The number of hydrogen-bond donors (Lipinski definition) is 1. The lowest BCUT2D eigenvalue weighted by molar-refractivity contribution is -0.141. The smallest absolute Gasteiger partial charge is 0.302 e. The third kappa shape index (κ3) is 3.24. The number of rotatable bonds is 4. The molecule has 0 saturated carbocycles. The van der Waals surface area contributed by atoms with E-state index in [0.717, 1.165) is 5.56 Å². The second-order valence-corrected chi connectivity index (χ2v) is 5.25. The summed E-state index contributed by atoms with van der Waals surface area (Å²) in [5, 5.41) is 0.124. The van der Waals surface area contributed by atoms with Crippen molar-refractivity contribution >= 4 is 34.4 Å². The van der Waals surface area contributed by atoms with E-state index in [-0.39, 0.29) is 17.9 Å². The summed E-state index contributed by atoms with van der Waals surface area (Å²) in [6.45, 7) is 2.04. The number of nitrogens with two attached hydrogens (primary N) is 1. The van der Waals surface area contributed by atoms with E-state index in [9.17, 15) is 4.79 Å². The maximum Gasteiger partial charge on any atom is 0.302 e. The van der Waals surface area contributed by atoms with Crippen molar-refractivity contribution in [2.45, 2.75) is 13.5 Å². The van der Waals surface area contributed by atoms with Gasteiger partial charge in [0.1, 0.15) is 17.8 Å². The molecule has 0 atom stereocenters. The minimum atomic E-state index is -0.329. The van der Waals surface area contributed by atoms with Gasteiger partial charge in [0.15, 0.2) is 5.65 Å². The molecule has 0 saturated heterocycles. The van der Waals surface area contributed by atoms with E-state index in [0.29, 0.717) is 29.1 Å². The SMILES string of the molecule is CC(=O)OCCn1cnc2c(-c3ccc(N)cc3)nc(Cl)nc21. The molecule has 3 aromatic rings. The van der Waals surface area contributed by atoms with Gasteiger partial charge >= 0.3 is 5.97 Å². The van der Waals surface area contributed by atoms with E-state index < -0.39 is 0 Å². The highest BCUT2D eigenvalue weighted by Crippen LogP contribution is 2.26. The number of benzene rings is 1. The normalized spacial score (nSPS) is 10.9. The van der Waals surface area contributed by atoms with Gasteiger partial charge in [0.25, 0.3) is 0 Å². The molecule has 8 heteroatoms. The number of nitrogen functional groups attached to an aromatic ring is 1. The quantitative estimate of drug-likeness (QED) is 0.447. The van der Waals surface area contributed by atoms with Crippen molar-refractivity contribution in [2.24, 2.45) is 0 Å². The standard InChI is InChI=1S/C15H14ClN5O2/c1-9(22)23-7-6-21-8-18-13-12(19-15(16)20-14(13)21)10-2-4-11(17)5-3-10/h2-5,8H,6-7,17H2,1H3. The molecule has 0 spiro atoms. The zero-order valence-electron chi connectivity index (χ0n) is 12.4. The third-order valence-electron chi connectivity index (χ3n) is 3.26. The molecule has 1 aromatic carbocycles. The van der Waals surface area contributed by atoms with Crippen LogP contribution < -0.4 is 5.73 Å². The largest absolute Gasteiger partial charge is 0.464 e. The van der Waals surface area contributed by atoms with E-state index in [1.54, 1.807) is 23.0 Å². The van der Waals surface area contributed by atoms with Crippen molar-refractivity contribution < 1.29 is 9.53 Å². The summed E-state index contributed by atoms with van der Waals surface area (Å²) >= 11 is 6.04. The Hall–Kier alpha value is -2.67. The van der Waals surface area contributed by atoms with Gasteiger partial charge < -0.3 is 15.0 Å². The Balaban J connectivity index is 2.01. The summed E-state index contributed by atoms with van der Waals surface area (Å²) in [6, 6.07) is 7.28. The minimum Gasteiger partial charge on any atom is -0.464 e. The molecule has 0 radical (unpaired) electrons. The molecule has 7 nitrogen and oxygen atoms in total. The minimum absolute atomic E-state index is 0.124. The molecule has 2 heterocycles. The first-order valence-electron chi connectivity index (χ1n) is 6.92. The summed E-state index contributed by atoms with van der Waals surface area (Å²) in [5.74, 6) is -0.329. The summed E-state index contributed by atoms with van der Waals surface area (Å²) in [6.07, 6.45) is 1.62. The van der Waals surface area contributed by atoms with Gasteiger partial charge in [0.05, 0.1) is 12.9 Å². The first-order chi connectivity index (χ1) is 11.0. The Morgan fingerprint density at radius 2 is 2.04 bits per heavy atom. The lowest BCUT2D eigenvalue weighted by Crippen LogP contribution is -2.08. The molecule has 0 amide bonds. The van der Waals surface area contributed by atoms with E-state index in [1.165, 1.54) is 6.92 Å². The number of hydrogen-bond acceptors (Lipinski definition) is 6. The molecule has 2 aromatic heterocycles. The van der Waals surface area contributed by atoms with Gasteiger partial charge in [-0.2, -0.15) is 4.98 Å². The summed E-state index contributed by atoms with van der Waals surface area (Å²) in [4.78, 5) is 23.7. The van der Waals surface area contributed by atoms with Crippen molar-refractivity contribution in [2.75, 3.05) is 12.3 Å². The molecule has 23 heavy (non-hydrogen) atoms. The van der Waals surface area contributed by atoms with Crippen LogP contribution in [-0.2, 0) is 16.1 Å². The molecular formula is C15H14ClN5O2. The number of fused-ring (bicyclic) bond motifs is 1. The molecule has 0 fully saturated rings. The number of imidazole rings is 1. The number of nitrogens with zero attached hydrogens (tertiary/aromatic N) is 4. The third-order valence-corrected chi connectivity index (χ3v) is 3.43. The molecule has 0 unspecified atom stereocenters. The second kappa shape index (κ2) is 6.21. The van der Waals surface area contributed by atoms with Gasteiger partial charge in [-0.1, -0.05) is 12.1 Å². The fraction of sp³-hybridized carbons (Fsp3) is 0.200. The predicted molar refractivity (Wildman–Crippen MR) is 86.8 cm³/mol. The van der Waals surface area contributed by atoms with Gasteiger partial charge in [-0.15, -0.1) is 0 Å². The predicted octanol–water partition coefficient (Wildman–Crippen LogP) is 2.29. The number of halogens is 1. The zero-order valence-corrected chi connectivity index (χ0v) is 13.1. The highest BCUT2D eigenvalue weighted by Gasteiger charge is 2.14. The topological polar surface area (TPSA) is 95.9 Å². The highest BCUT2D eigenvalue weighted by molar-refractivity contribution is 6.28. The molecule has 2 N–H and O–H groups in total. The van der Waals surface area contributed by atoms with Crippen LogP contribution in [0, 0.1) is 0 Å². The van der Waals surface area contributed by atoms with Crippen molar-refractivity contribution in [3.8, 4) is 11.3 Å². The van der Waals surface area contributed by atoms with Gasteiger partial charge in [-0.25, -0.2) is 9.97 Å². The van der Waals surface area contributed by atoms with Crippen LogP contribution in [0.15, 0.2) is 30.6 Å². The maximum absolute atomic E-state index is 10.9. The monoisotopic (exact) mass is 331 g/mol. The van der Waals surface area contributed by atoms with Crippen LogP contribution in [0.3, 0.4) is 0 Å². The van der Waals surface area contributed by atoms with Crippen LogP contribution in [0.5, 0.6) is 0 Å². The van der Waals surface area contributed by atoms with Crippen LogP contribution in [0.4, 0.5) is 5.69 Å². The summed E-state index contributed by atoms with van der Waals surface area (Å²) in [5.41, 5.74) is 9.07. The van der Waals surface area contributed by atoms with Crippen molar-refractivity contribution in [3.63, 3.8) is 0 Å². The van der Waals surface area contributed by atoms with Crippen LogP contribution in [0.1, 0.15) is 6.92 Å². The number of ether oxygens (including phenoxy) is 1. The van der Waals surface area contributed by atoms with Crippen molar-refractivity contribution in [3.05, 3.63) is 35.9 Å². The maximum atomic E-state index is 10.9. The molecule has 0 aliphatic carbocycles. The van der Waals surface area contributed by atoms with Crippen LogP contribution in [-0.4, -0.2) is 32.1 Å². The number of aromatic nitrogens is 4. The summed E-state index contributed by atoms with van der Waals surface area (Å²) in [7, 11) is 0. The first kappa shape index (κ1) is 15.2. The molecular weight excluding hydrogens is 318 g/mol. The van der Waals surface area contributed by atoms with Crippen molar-refractivity contribution in [1.82, 2.24) is 19.5 Å². The number of carbonyl (C=O) groups is 1. The second-order valence-electron chi connectivity index (χ2n) is 4.91. The van der Waals surface area contributed by atoms with E-state index >= 15 is 0 Å². The Labute approximate surface area is 137 Å². The highest BCUT2D eigenvalue weighted by atomic mass is 35.5. The van der Waals surface area contributed by atoms with E-state index in [2.05, 4.69) is 15.0 Å². The van der Waals surface area contributed by atoms with E-state index in [4.69, 9.17) is 22.1 Å². The van der Waals surface area contributed by atoms with Crippen LogP contribution in [0.25, 0.3) is 22.4 Å². The van der Waals surface area contributed by atoms with Crippen LogP contribution >= 0.6 is 11.6 Å². The van der Waals surface area contributed by atoms with E-state index in [1.807, 2.05) is 12.1 Å². The lowest BCUT2D eigenvalue weighted by Gasteiger charge is -2.06. The lowest BCUT2D eigenvalue weighted by atomic mass is 10.1. The Kier molecular flexibility index (Phi) is 4.12. The Morgan fingerprint density at radius 3 is 2.74 bits per heavy atom. The molecule has 0 aliphatic heterocycles. The van der Waals surface area contributed by atoms with Gasteiger partial charge in [-0.05, 0) is 23.7 Å². The van der Waals surface area contributed by atoms with Gasteiger partial charge in [0.2, 0.25) is 5.28 Å². The first-order valence-corrected chi connectivity index (χ1v) is 7.30. The fourth-order valence-corrected chi connectivity index (χ4v) is 2.38. The molecule has 0 aliphatic rings. The Bertz CT molecular complexity index is 860. The van der Waals surface area contributed by atoms with Crippen molar-refractivity contribution in [1.29, 1.82) is 0 Å². The number of carbonyl (C=O) groups excluding carboxylic acids is 1. The number of esters is 1. The Morgan fingerprint density at radius 1 is 1.30 bits per heavy atom. The molecule has 118 valence electrons. The van der Waals surface area contributed by atoms with Gasteiger partial charge in [-0.3, -0.25) is 4.79 Å². The average molecular weight is 332 g/mol. The fourth-order valence-electron chi connectivity index (χ4n) is 2.21. The zero-order chi connectivity index (χ0) is 16.4. The number of anilines is 1.